The maximum Gasteiger partial charge on any atom is 0.253 e. The van der Waals surface area contributed by atoms with Crippen molar-refractivity contribution in [2.24, 2.45) is 0 Å². The zero-order chi connectivity index (χ0) is 16.2. The number of carbonyl (C=O) groups is 1. The minimum Gasteiger partial charge on any atom is -0.336 e. The van der Waals surface area contributed by atoms with Crippen LogP contribution in [0, 0.1) is 0 Å². The molecule has 0 aliphatic carbocycles. The van der Waals surface area contributed by atoms with Gasteiger partial charge in [0.15, 0.2) is 0 Å². The molecule has 1 aromatic carbocycles. The Balaban J connectivity index is 1.55. The van der Waals surface area contributed by atoms with Crippen molar-refractivity contribution < 1.29 is 4.79 Å². The summed E-state index contributed by atoms with van der Waals surface area (Å²) in [6.45, 7) is 8.61. The number of thiazole rings is 1. The normalized spacial score (nSPS) is 16.0. The van der Waals surface area contributed by atoms with Gasteiger partial charge < -0.3 is 4.90 Å². The predicted molar refractivity (Wildman–Crippen MR) is 93.8 cm³/mol. The lowest BCUT2D eigenvalue weighted by atomic mass is 10.0. The number of piperazine rings is 1. The summed E-state index contributed by atoms with van der Waals surface area (Å²) < 4.78 is 0. The van der Waals surface area contributed by atoms with Crippen molar-refractivity contribution in [1.82, 2.24) is 14.8 Å². The van der Waals surface area contributed by atoms with E-state index in [9.17, 15) is 4.79 Å². The number of carbonyl (C=O) groups excluding carboxylic acids is 1. The average Bonchev–Trinajstić information content (AvgIpc) is 3.08. The second-order valence-electron chi connectivity index (χ2n) is 6.32. The fourth-order valence-electron chi connectivity index (χ4n) is 2.85. The number of hydrogen-bond donors (Lipinski definition) is 0. The number of aromatic nitrogens is 1. The van der Waals surface area contributed by atoms with Crippen molar-refractivity contribution in [1.29, 1.82) is 0 Å². The van der Waals surface area contributed by atoms with E-state index >= 15 is 0 Å². The molecule has 0 saturated carbocycles. The van der Waals surface area contributed by atoms with Gasteiger partial charge in [0, 0.05) is 43.7 Å². The standard InChI is InChI=1S/C18H23N3OS/c1-14(2)15-3-5-16(6-4-15)18(22)21-9-7-20(8-10-21)11-17-12-23-13-19-17/h3-6,12-14H,7-11H2,1-2H3. The van der Waals surface area contributed by atoms with Crippen LogP contribution < -0.4 is 0 Å². The quantitative estimate of drug-likeness (QED) is 0.864. The maximum absolute atomic E-state index is 12.6. The third-order valence-corrected chi connectivity index (χ3v) is 4.99. The molecular weight excluding hydrogens is 306 g/mol. The summed E-state index contributed by atoms with van der Waals surface area (Å²) in [5.74, 6) is 0.641. The minimum atomic E-state index is 0.147. The summed E-state index contributed by atoms with van der Waals surface area (Å²) in [4.78, 5) is 21.3. The zero-order valence-electron chi connectivity index (χ0n) is 13.7. The Labute approximate surface area is 141 Å². The van der Waals surface area contributed by atoms with Gasteiger partial charge >= 0.3 is 0 Å². The number of amides is 1. The van der Waals surface area contributed by atoms with Crippen LogP contribution in [-0.2, 0) is 6.54 Å². The highest BCUT2D eigenvalue weighted by molar-refractivity contribution is 7.07. The molecular formula is C18H23N3OS. The Bertz CT molecular complexity index is 629. The molecule has 122 valence electrons. The van der Waals surface area contributed by atoms with Crippen molar-refractivity contribution in [3.05, 3.63) is 52.0 Å². The Morgan fingerprint density at radius 3 is 2.43 bits per heavy atom. The monoisotopic (exact) mass is 329 g/mol. The fourth-order valence-corrected chi connectivity index (χ4v) is 3.40. The van der Waals surface area contributed by atoms with Crippen LogP contribution in [0.5, 0.6) is 0 Å². The SMILES string of the molecule is CC(C)c1ccc(C(=O)N2CCN(Cc3cscn3)CC2)cc1. The first-order chi connectivity index (χ1) is 11.1. The third-order valence-electron chi connectivity index (χ3n) is 4.35. The highest BCUT2D eigenvalue weighted by Gasteiger charge is 2.22. The second-order valence-corrected chi connectivity index (χ2v) is 7.04. The molecule has 0 spiro atoms. The predicted octanol–water partition coefficient (Wildman–Crippen LogP) is 3.22. The number of hydrogen-bond acceptors (Lipinski definition) is 4. The molecule has 1 aliphatic heterocycles. The summed E-state index contributed by atoms with van der Waals surface area (Å²) in [5.41, 5.74) is 5.06. The van der Waals surface area contributed by atoms with Crippen LogP contribution in [0.1, 0.15) is 41.4 Å². The lowest BCUT2D eigenvalue weighted by molar-refractivity contribution is 0.0627. The van der Waals surface area contributed by atoms with E-state index in [0.717, 1.165) is 44.0 Å². The van der Waals surface area contributed by atoms with Crippen LogP contribution in [-0.4, -0.2) is 46.9 Å². The van der Waals surface area contributed by atoms with Gasteiger partial charge in [0.2, 0.25) is 0 Å². The first kappa shape index (κ1) is 16.1. The number of nitrogens with zero attached hydrogens (tertiary/aromatic N) is 3. The molecule has 0 atom stereocenters. The van der Waals surface area contributed by atoms with E-state index in [1.807, 2.05) is 22.5 Å². The first-order valence-corrected chi connectivity index (χ1v) is 9.06. The molecule has 23 heavy (non-hydrogen) atoms. The van der Waals surface area contributed by atoms with E-state index < -0.39 is 0 Å². The first-order valence-electron chi connectivity index (χ1n) is 8.12. The smallest absolute Gasteiger partial charge is 0.253 e. The lowest BCUT2D eigenvalue weighted by Gasteiger charge is -2.34. The number of benzene rings is 1. The molecule has 0 N–H and O–H groups in total. The van der Waals surface area contributed by atoms with Crippen LogP contribution >= 0.6 is 11.3 Å². The van der Waals surface area contributed by atoms with Crippen LogP contribution in [0.2, 0.25) is 0 Å². The topological polar surface area (TPSA) is 36.4 Å². The maximum atomic E-state index is 12.6. The van der Waals surface area contributed by atoms with Crippen LogP contribution in [0.4, 0.5) is 0 Å². The molecule has 0 bridgehead atoms. The fraction of sp³-hybridized carbons (Fsp3) is 0.444. The van der Waals surface area contributed by atoms with E-state index in [1.165, 1.54) is 5.56 Å². The molecule has 5 heteroatoms. The van der Waals surface area contributed by atoms with Gasteiger partial charge in [0.1, 0.15) is 0 Å². The lowest BCUT2D eigenvalue weighted by Crippen LogP contribution is -2.48. The van der Waals surface area contributed by atoms with E-state index in [1.54, 1.807) is 11.3 Å². The van der Waals surface area contributed by atoms with Gasteiger partial charge in [0.05, 0.1) is 11.2 Å². The Morgan fingerprint density at radius 1 is 1.17 bits per heavy atom. The summed E-state index contributed by atoms with van der Waals surface area (Å²) in [5, 5.41) is 2.09. The highest BCUT2D eigenvalue weighted by atomic mass is 32.1. The molecule has 1 aliphatic rings. The van der Waals surface area contributed by atoms with Crippen LogP contribution in [0.3, 0.4) is 0 Å². The van der Waals surface area contributed by atoms with Crippen molar-refractivity contribution in [3.63, 3.8) is 0 Å². The van der Waals surface area contributed by atoms with Gasteiger partial charge in [-0.25, -0.2) is 4.98 Å². The third kappa shape index (κ3) is 3.98. The van der Waals surface area contributed by atoms with E-state index in [4.69, 9.17) is 0 Å². The van der Waals surface area contributed by atoms with Gasteiger partial charge in [-0.1, -0.05) is 26.0 Å². The van der Waals surface area contributed by atoms with E-state index in [2.05, 4.69) is 41.2 Å². The Morgan fingerprint density at radius 2 is 1.87 bits per heavy atom. The van der Waals surface area contributed by atoms with Crippen molar-refractivity contribution in [2.75, 3.05) is 26.2 Å². The molecule has 1 aromatic heterocycles. The van der Waals surface area contributed by atoms with Gasteiger partial charge in [-0.15, -0.1) is 11.3 Å². The highest BCUT2D eigenvalue weighted by Crippen LogP contribution is 2.17. The Kier molecular flexibility index (Phi) is 5.08. The van der Waals surface area contributed by atoms with Crippen LogP contribution in [0.15, 0.2) is 35.2 Å². The van der Waals surface area contributed by atoms with Crippen molar-refractivity contribution >= 4 is 17.2 Å². The molecule has 3 rings (SSSR count). The summed E-state index contributed by atoms with van der Waals surface area (Å²) in [6, 6.07) is 8.05. The molecule has 1 saturated heterocycles. The summed E-state index contributed by atoms with van der Waals surface area (Å²) in [6.07, 6.45) is 0. The van der Waals surface area contributed by atoms with E-state index in [0.29, 0.717) is 5.92 Å². The number of rotatable bonds is 4. The van der Waals surface area contributed by atoms with Crippen LogP contribution in [0.25, 0.3) is 0 Å². The molecule has 0 radical (unpaired) electrons. The average molecular weight is 329 g/mol. The van der Waals surface area contributed by atoms with E-state index in [-0.39, 0.29) is 5.91 Å². The molecule has 0 unspecified atom stereocenters. The van der Waals surface area contributed by atoms with Crippen molar-refractivity contribution in [3.8, 4) is 0 Å². The Hall–Kier alpha value is -1.72. The molecule has 1 fully saturated rings. The van der Waals surface area contributed by atoms with Gasteiger partial charge in [-0.3, -0.25) is 9.69 Å². The zero-order valence-corrected chi connectivity index (χ0v) is 14.6. The van der Waals surface area contributed by atoms with Gasteiger partial charge in [-0.05, 0) is 23.6 Å². The van der Waals surface area contributed by atoms with Crippen molar-refractivity contribution in [2.45, 2.75) is 26.3 Å². The summed E-state index contributed by atoms with van der Waals surface area (Å²) in [7, 11) is 0. The summed E-state index contributed by atoms with van der Waals surface area (Å²) >= 11 is 1.63. The molecule has 4 nitrogen and oxygen atoms in total. The minimum absolute atomic E-state index is 0.147. The molecule has 2 heterocycles. The largest absolute Gasteiger partial charge is 0.336 e. The second kappa shape index (κ2) is 7.23. The molecule has 1 amide bonds. The van der Waals surface area contributed by atoms with Gasteiger partial charge in [0.25, 0.3) is 5.91 Å². The molecule has 2 aromatic rings. The van der Waals surface area contributed by atoms with Gasteiger partial charge in [-0.2, -0.15) is 0 Å².